The minimum absolute atomic E-state index is 0.467. The number of rotatable bonds is 3. The van der Waals surface area contributed by atoms with Crippen molar-refractivity contribution in [2.45, 2.75) is 58.9 Å². The van der Waals surface area contributed by atoms with Crippen molar-refractivity contribution in [1.29, 1.82) is 0 Å². The van der Waals surface area contributed by atoms with Crippen LogP contribution < -0.4 is 5.32 Å². The first-order valence-corrected chi connectivity index (χ1v) is 7.42. The first-order valence-electron chi connectivity index (χ1n) is 7.42. The molecule has 0 aromatic carbocycles. The molecule has 2 unspecified atom stereocenters. The maximum absolute atomic E-state index is 5.47. The summed E-state index contributed by atoms with van der Waals surface area (Å²) in [6.45, 7) is 10.3. The largest absolute Gasteiger partial charge is 0.381 e. The van der Waals surface area contributed by atoms with Gasteiger partial charge in [0, 0.05) is 25.8 Å². The molecule has 2 atom stereocenters. The summed E-state index contributed by atoms with van der Waals surface area (Å²) in [5.41, 5.74) is 0.467. The van der Waals surface area contributed by atoms with Crippen LogP contribution in [0, 0.1) is 17.3 Å². The third-order valence-corrected chi connectivity index (χ3v) is 5.01. The van der Waals surface area contributed by atoms with Gasteiger partial charge in [-0.05, 0) is 42.9 Å². The Morgan fingerprint density at radius 2 is 1.71 bits per heavy atom. The fraction of sp³-hybridized carbons (Fsp3) is 1.00. The van der Waals surface area contributed by atoms with Crippen molar-refractivity contribution >= 4 is 0 Å². The summed E-state index contributed by atoms with van der Waals surface area (Å²) in [6, 6.07) is 0.739. The summed E-state index contributed by atoms with van der Waals surface area (Å²) >= 11 is 0. The molecule has 0 aromatic rings. The summed E-state index contributed by atoms with van der Waals surface area (Å²) in [5.74, 6) is 1.70. The van der Waals surface area contributed by atoms with Gasteiger partial charge in [0.2, 0.25) is 0 Å². The standard InChI is InChI=1S/C15H29NO/c1-12-5-4-6-13(2)14(12)16-11-15(3)7-9-17-10-8-15/h12-14,16H,4-11H2,1-3H3. The average molecular weight is 239 g/mol. The van der Waals surface area contributed by atoms with Gasteiger partial charge in [-0.25, -0.2) is 0 Å². The summed E-state index contributed by atoms with van der Waals surface area (Å²) < 4.78 is 5.47. The molecule has 0 amide bonds. The van der Waals surface area contributed by atoms with Gasteiger partial charge < -0.3 is 10.1 Å². The predicted molar refractivity (Wildman–Crippen MR) is 72.1 cm³/mol. The molecule has 2 nitrogen and oxygen atoms in total. The Morgan fingerprint density at radius 1 is 1.12 bits per heavy atom. The molecule has 2 heteroatoms. The van der Waals surface area contributed by atoms with Crippen molar-refractivity contribution in [3.63, 3.8) is 0 Å². The second-order valence-corrected chi connectivity index (χ2v) is 6.72. The van der Waals surface area contributed by atoms with E-state index in [2.05, 4.69) is 26.1 Å². The maximum atomic E-state index is 5.47. The Balaban J connectivity index is 1.83. The van der Waals surface area contributed by atoms with Gasteiger partial charge in [0.1, 0.15) is 0 Å². The van der Waals surface area contributed by atoms with Crippen LogP contribution in [0.2, 0.25) is 0 Å². The van der Waals surface area contributed by atoms with Crippen LogP contribution in [-0.4, -0.2) is 25.8 Å². The third kappa shape index (κ3) is 3.45. The van der Waals surface area contributed by atoms with Crippen LogP contribution in [0.4, 0.5) is 0 Å². The molecule has 2 aliphatic rings. The SMILES string of the molecule is CC1CCCC(C)C1NCC1(C)CCOCC1. The highest BCUT2D eigenvalue weighted by Gasteiger charge is 2.32. The van der Waals surface area contributed by atoms with Crippen LogP contribution in [0.5, 0.6) is 0 Å². The van der Waals surface area contributed by atoms with Gasteiger partial charge in [-0.1, -0.05) is 27.2 Å². The second kappa shape index (κ2) is 5.71. The highest BCUT2D eigenvalue weighted by Crippen LogP contribution is 2.32. The van der Waals surface area contributed by atoms with Gasteiger partial charge in [0.25, 0.3) is 0 Å². The number of hydrogen-bond donors (Lipinski definition) is 1. The number of ether oxygens (including phenoxy) is 1. The van der Waals surface area contributed by atoms with Crippen molar-refractivity contribution in [3.8, 4) is 0 Å². The van der Waals surface area contributed by atoms with E-state index in [0.717, 1.165) is 31.1 Å². The lowest BCUT2D eigenvalue weighted by Crippen LogP contribution is -2.48. The van der Waals surface area contributed by atoms with Crippen molar-refractivity contribution in [3.05, 3.63) is 0 Å². The van der Waals surface area contributed by atoms with Gasteiger partial charge in [-0.15, -0.1) is 0 Å². The molecular weight excluding hydrogens is 210 g/mol. The summed E-state index contributed by atoms with van der Waals surface area (Å²) in [4.78, 5) is 0. The van der Waals surface area contributed by atoms with E-state index in [9.17, 15) is 0 Å². The van der Waals surface area contributed by atoms with Gasteiger partial charge >= 0.3 is 0 Å². The van der Waals surface area contributed by atoms with E-state index in [1.54, 1.807) is 0 Å². The fourth-order valence-corrected chi connectivity index (χ4v) is 3.49. The Kier molecular flexibility index (Phi) is 4.48. The molecule has 1 saturated carbocycles. The van der Waals surface area contributed by atoms with Gasteiger partial charge in [0.15, 0.2) is 0 Å². The molecule has 0 spiro atoms. The van der Waals surface area contributed by atoms with E-state index in [1.165, 1.54) is 38.6 Å². The molecule has 1 N–H and O–H groups in total. The molecular formula is C15H29NO. The second-order valence-electron chi connectivity index (χ2n) is 6.72. The molecule has 1 aliphatic carbocycles. The molecule has 1 heterocycles. The molecule has 1 aliphatic heterocycles. The highest BCUT2D eigenvalue weighted by molar-refractivity contribution is 4.87. The van der Waals surface area contributed by atoms with E-state index >= 15 is 0 Å². The molecule has 0 aromatic heterocycles. The lowest BCUT2D eigenvalue weighted by Gasteiger charge is -2.40. The smallest absolute Gasteiger partial charge is 0.0471 e. The molecule has 100 valence electrons. The molecule has 0 radical (unpaired) electrons. The van der Waals surface area contributed by atoms with Gasteiger partial charge in [-0.2, -0.15) is 0 Å². The van der Waals surface area contributed by atoms with E-state index in [1.807, 2.05) is 0 Å². The third-order valence-electron chi connectivity index (χ3n) is 5.01. The highest BCUT2D eigenvalue weighted by atomic mass is 16.5. The zero-order valence-electron chi connectivity index (χ0n) is 11.8. The lowest BCUT2D eigenvalue weighted by molar-refractivity contribution is 0.0198. The summed E-state index contributed by atoms with van der Waals surface area (Å²) in [7, 11) is 0. The van der Waals surface area contributed by atoms with Crippen LogP contribution in [0.25, 0.3) is 0 Å². The Labute approximate surface area is 107 Å². The quantitative estimate of drug-likeness (QED) is 0.816. The fourth-order valence-electron chi connectivity index (χ4n) is 3.49. The van der Waals surface area contributed by atoms with E-state index in [4.69, 9.17) is 4.74 Å². The Hall–Kier alpha value is -0.0800. The van der Waals surface area contributed by atoms with E-state index < -0.39 is 0 Å². The lowest BCUT2D eigenvalue weighted by atomic mass is 9.77. The molecule has 0 bridgehead atoms. The molecule has 2 rings (SSSR count). The first kappa shape index (κ1) is 13.4. The molecule has 17 heavy (non-hydrogen) atoms. The van der Waals surface area contributed by atoms with Crippen molar-refractivity contribution in [1.82, 2.24) is 5.32 Å². The van der Waals surface area contributed by atoms with Crippen LogP contribution in [0.15, 0.2) is 0 Å². The minimum Gasteiger partial charge on any atom is -0.381 e. The monoisotopic (exact) mass is 239 g/mol. The normalized spacial score (nSPS) is 37.9. The summed E-state index contributed by atoms with van der Waals surface area (Å²) in [6.07, 6.45) is 6.67. The maximum Gasteiger partial charge on any atom is 0.0471 e. The van der Waals surface area contributed by atoms with Crippen LogP contribution in [0.1, 0.15) is 52.9 Å². The zero-order chi connectivity index (χ0) is 12.3. The van der Waals surface area contributed by atoms with Gasteiger partial charge in [-0.3, -0.25) is 0 Å². The number of nitrogens with one attached hydrogen (secondary N) is 1. The van der Waals surface area contributed by atoms with E-state index in [-0.39, 0.29) is 0 Å². The van der Waals surface area contributed by atoms with Crippen LogP contribution in [-0.2, 0) is 4.74 Å². The topological polar surface area (TPSA) is 21.3 Å². The molecule has 1 saturated heterocycles. The van der Waals surface area contributed by atoms with Gasteiger partial charge in [0.05, 0.1) is 0 Å². The van der Waals surface area contributed by atoms with Crippen LogP contribution in [0.3, 0.4) is 0 Å². The Morgan fingerprint density at radius 3 is 2.29 bits per heavy atom. The minimum atomic E-state index is 0.467. The Bertz CT molecular complexity index is 225. The predicted octanol–water partition coefficient (Wildman–Crippen LogP) is 3.22. The zero-order valence-corrected chi connectivity index (χ0v) is 11.8. The molecule has 2 fully saturated rings. The van der Waals surface area contributed by atoms with Crippen molar-refractivity contribution in [2.75, 3.05) is 19.8 Å². The van der Waals surface area contributed by atoms with E-state index in [0.29, 0.717) is 5.41 Å². The van der Waals surface area contributed by atoms with Crippen LogP contribution >= 0.6 is 0 Å². The average Bonchev–Trinajstić information content (AvgIpc) is 2.29. The van der Waals surface area contributed by atoms with Crippen molar-refractivity contribution < 1.29 is 4.74 Å². The summed E-state index contributed by atoms with van der Waals surface area (Å²) in [5, 5.41) is 3.88. The van der Waals surface area contributed by atoms with Crippen molar-refractivity contribution in [2.24, 2.45) is 17.3 Å². The first-order chi connectivity index (χ1) is 8.11. The number of hydrogen-bond acceptors (Lipinski definition) is 2.